The van der Waals surface area contributed by atoms with Crippen molar-refractivity contribution in [3.8, 4) is 4.90 Å². The van der Waals surface area contributed by atoms with Crippen molar-refractivity contribution in [3.63, 3.8) is 0 Å². The van der Waals surface area contributed by atoms with Crippen molar-refractivity contribution in [2.45, 2.75) is 26.2 Å². The van der Waals surface area contributed by atoms with Crippen LogP contribution < -0.4 is 5.43 Å². The number of carboxylic acid groups (broad SMARTS) is 1. The Balaban J connectivity index is 2.05. The summed E-state index contributed by atoms with van der Waals surface area (Å²) in [6, 6.07) is 16.1. The van der Waals surface area contributed by atoms with Gasteiger partial charge in [-0.1, -0.05) is 45.0 Å². The molecule has 1 heterocycles. The van der Waals surface area contributed by atoms with Crippen molar-refractivity contribution in [3.05, 3.63) is 92.5 Å². The van der Waals surface area contributed by atoms with Gasteiger partial charge in [-0.05, 0) is 29.2 Å². The van der Waals surface area contributed by atoms with E-state index in [-0.39, 0.29) is 16.4 Å². The lowest BCUT2D eigenvalue weighted by atomic mass is 9.87. The van der Waals surface area contributed by atoms with E-state index in [1.54, 1.807) is 6.08 Å². The minimum Gasteiger partial charge on any atom is -0.441 e. The van der Waals surface area contributed by atoms with Crippen LogP contribution in [0.1, 0.15) is 36.8 Å². The summed E-state index contributed by atoms with van der Waals surface area (Å²) >= 11 is 0. The highest BCUT2D eigenvalue weighted by Crippen LogP contribution is 2.44. The zero-order valence-electron chi connectivity index (χ0n) is 15.9. The number of rotatable bonds is 2. The van der Waals surface area contributed by atoms with Gasteiger partial charge >= 0.3 is 5.97 Å². The third kappa shape index (κ3) is 2.97. The van der Waals surface area contributed by atoms with Crippen LogP contribution in [-0.2, 0) is 10.2 Å². The van der Waals surface area contributed by atoms with Gasteiger partial charge in [0.1, 0.15) is 5.39 Å². The maximum Gasteiger partial charge on any atom is 0.412 e. The Hall–Kier alpha value is -3.07. The van der Waals surface area contributed by atoms with Crippen molar-refractivity contribution >= 4 is 32.6 Å². The van der Waals surface area contributed by atoms with Gasteiger partial charge in [0.15, 0.2) is 4.90 Å². The molecule has 1 aliphatic rings. The Labute approximate surface area is 166 Å². The number of carboxylic acids is 1. The van der Waals surface area contributed by atoms with Crippen LogP contribution >= 0.6 is 10.5 Å². The van der Waals surface area contributed by atoms with Crippen LogP contribution in [0.3, 0.4) is 0 Å². The number of hydrogen-bond donors (Lipinski definition) is 1. The molecule has 1 aliphatic carbocycles. The van der Waals surface area contributed by atoms with E-state index in [0.29, 0.717) is 10.9 Å². The van der Waals surface area contributed by atoms with Gasteiger partial charge in [0.05, 0.1) is 16.5 Å². The molecule has 3 aromatic rings. The second-order valence-electron chi connectivity index (χ2n) is 7.82. The molecule has 0 radical (unpaired) electrons. The van der Waals surface area contributed by atoms with Crippen molar-refractivity contribution < 1.29 is 9.90 Å². The molecule has 1 atom stereocenters. The molecule has 2 aromatic carbocycles. The maximum absolute atomic E-state index is 13.0. The minimum absolute atomic E-state index is 0.0121. The second kappa shape index (κ2) is 6.52. The first kappa shape index (κ1) is 18.3. The summed E-state index contributed by atoms with van der Waals surface area (Å²) in [7, 11) is -0.480. The molecule has 0 fully saturated rings. The first-order valence-electron chi connectivity index (χ1n) is 9.05. The van der Waals surface area contributed by atoms with Crippen LogP contribution in [0.25, 0.3) is 21.1 Å². The van der Waals surface area contributed by atoms with E-state index in [9.17, 15) is 14.7 Å². The Bertz CT molecular complexity index is 1220. The third-order valence-corrected chi connectivity index (χ3v) is 7.21. The minimum atomic E-state index is -1.08. The summed E-state index contributed by atoms with van der Waals surface area (Å²) in [6.07, 6.45) is 6.15. The molecule has 0 saturated heterocycles. The molecule has 4 heteroatoms. The van der Waals surface area contributed by atoms with Crippen LogP contribution in [0.5, 0.6) is 0 Å². The molecule has 0 aliphatic heterocycles. The first-order chi connectivity index (χ1) is 13.3. The maximum atomic E-state index is 13.0. The number of hydrogen-bond acceptors (Lipinski definition) is 2. The quantitative estimate of drug-likeness (QED) is 0.471. The Morgan fingerprint density at radius 2 is 1.68 bits per heavy atom. The summed E-state index contributed by atoms with van der Waals surface area (Å²) in [5.74, 6) is -1.08. The lowest BCUT2D eigenvalue weighted by Gasteiger charge is -2.18. The topological polar surface area (TPSA) is 54.4 Å². The van der Waals surface area contributed by atoms with Crippen molar-refractivity contribution in [2.24, 2.45) is 0 Å². The highest BCUT2D eigenvalue weighted by molar-refractivity contribution is 7.45. The second-order valence-corrected chi connectivity index (χ2v) is 9.79. The van der Waals surface area contributed by atoms with Gasteiger partial charge < -0.3 is 5.11 Å². The van der Waals surface area contributed by atoms with E-state index in [2.05, 4.69) is 51.1 Å². The first-order valence-corrected chi connectivity index (χ1v) is 10.3. The molecule has 28 heavy (non-hydrogen) atoms. The number of benzene rings is 2. The summed E-state index contributed by atoms with van der Waals surface area (Å²) in [4.78, 5) is 26.3. The molecule has 0 spiro atoms. The van der Waals surface area contributed by atoms with Crippen LogP contribution in [0.4, 0.5) is 0 Å². The van der Waals surface area contributed by atoms with E-state index in [1.165, 1.54) is 11.6 Å². The molecule has 0 saturated carbocycles. The van der Waals surface area contributed by atoms with Crippen molar-refractivity contribution in [2.75, 3.05) is 0 Å². The highest BCUT2D eigenvalue weighted by Gasteiger charge is 2.35. The molecule has 138 valence electrons. The van der Waals surface area contributed by atoms with E-state index in [0.717, 1.165) is 14.5 Å². The molecule has 0 bridgehead atoms. The van der Waals surface area contributed by atoms with E-state index < -0.39 is 16.4 Å². The number of fused-ring (bicyclic) bond motifs is 2. The van der Waals surface area contributed by atoms with E-state index in [4.69, 9.17) is 0 Å². The largest absolute Gasteiger partial charge is 0.441 e. The lowest BCUT2D eigenvalue weighted by molar-refractivity contribution is -0.132. The van der Waals surface area contributed by atoms with Crippen LogP contribution in [-0.4, -0.2) is 11.1 Å². The molecule has 1 N–H and O–H groups in total. The van der Waals surface area contributed by atoms with Gasteiger partial charge in [0, 0.05) is 18.2 Å². The average molecular weight is 388 g/mol. The fraction of sp³-hybridized carbons (Fsp3) is 0.167. The molecule has 1 aromatic heterocycles. The van der Waals surface area contributed by atoms with Crippen LogP contribution in [0, 0.1) is 6.08 Å². The van der Waals surface area contributed by atoms with Gasteiger partial charge in [-0.25, -0.2) is 4.79 Å². The standard InChI is InChI=1S/C24H19O3S/c1-24(2,3)16-9-11-17(12-10-16)28-20-7-5-4-6-18(20)22(25)19-14-15(23(26)27)8-13-21(19)28/h4-13H,1-3H3/q+1/p+1. The SMILES string of the molecule is CC(C)(C)c1ccc(-[s+]2c3c(c(=O)c4ccccc42)[C+]=C(C(=O)O)C=C3)cc1. The van der Waals surface area contributed by atoms with E-state index in [1.807, 2.05) is 24.3 Å². The third-order valence-electron chi connectivity index (χ3n) is 4.89. The summed E-state index contributed by atoms with van der Waals surface area (Å²) in [5, 5.41) is 9.94. The van der Waals surface area contributed by atoms with Gasteiger partial charge in [-0.3, -0.25) is 0 Å². The smallest absolute Gasteiger partial charge is 0.412 e. The molecule has 3 nitrogen and oxygen atoms in total. The molecule has 4 rings (SSSR count). The lowest BCUT2D eigenvalue weighted by Crippen LogP contribution is -2.13. The molecular formula is C24H20O3S+2. The number of aliphatic carboxylic acids is 1. The fourth-order valence-corrected chi connectivity index (χ4v) is 5.67. The normalized spacial score (nSPS) is 13.7. The molecule has 0 amide bonds. The van der Waals surface area contributed by atoms with Gasteiger partial charge in [-0.15, -0.1) is 0 Å². The van der Waals surface area contributed by atoms with Crippen molar-refractivity contribution in [1.29, 1.82) is 0 Å². The fourth-order valence-electron chi connectivity index (χ4n) is 3.37. The number of carbonyl (C=O) groups is 1. The Morgan fingerprint density at radius 3 is 2.32 bits per heavy atom. The van der Waals surface area contributed by atoms with Crippen molar-refractivity contribution in [1.82, 2.24) is 0 Å². The van der Waals surface area contributed by atoms with Gasteiger partial charge in [0.2, 0.25) is 15.8 Å². The van der Waals surface area contributed by atoms with Crippen LogP contribution in [0.15, 0.2) is 65.0 Å². The molecule has 1 unspecified atom stereocenters. The van der Waals surface area contributed by atoms with Crippen LogP contribution in [0.2, 0.25) is 0 Å². The van der Waals surface area contributed by atoms with Gasteiger partial charge in [-0.2, -0.15) is 4.79 Å². The predicted molar refractivity (Wildman–Crippen MR) is 115 cm³/mol. The molecular weight excluding hydrogens is 368 g/mol. The summed E-state index contributed by atoms with van der Waals surface area (Å²) < 4.78 is 0.972. The zero-order valence-corrected chi connectivity index (χ0v) is 16.8. The average Bonchev–Trinajstić information content (AvgIpc) is 2.67. The highest BCUT2D eigenvalue weighted by atomic mass is 32.2. The van der Waals surface area contributed by atoms with Gasteiger partial charge in [0.25, 0.3) is 10.3 Å². The predicted octanol–water partition coefficient (Wildman–Crippen LogP) is 5.42. The zero-order chi connectivity index (χ0) is 20.1. The summed E-state index contributed by atoms with van der Waals surface area (Å²) in [6.45, 7) is 6.53. The summed E-state index contributed by atoms with van der Waals surface area (Å²) in [5.41, 5.74) is 1.52. The Morgan fingerprint density at radius 1 is 1.00 bits per heavy atom. The van der Waals surface area contributed by atoms with E-state index >= 15 is 0 Å². The monoisotopic (exact) mass is 388 g/mol. The Kier molecular flexibility index (Phi) is 4.26.